The van der Waals surface area contributed by atoms with Crippen LogP contribution in [-0.2, 0) is 4.57 Å². The van der Waals surface area contributed by atoms with Crippen LogP contribution in [-0.4, -0.2) is 54.4 Å². The van der Waals surface area contributed by atoms with E-state index >= 15 is 0 Å². The first kappa shape index (κ1) is 18.9. The number of nitrogens with one attached hydrogen (secondary N) is 1. The Balaban J connectivity index is 2.09. The summed E-state index contributed by atoms with van der Waals surface area (Å²) in [5, 5.41) is 21.3. The maximum absolute atomic E-state index is 12.4. The standard InChI is InChI=1S/C16H23BNO5P/c1-24(2,23)14-5-3-4-13(9-14)18-16(20)11-6-7-15(17(21)22)12(8-11)10-19/h6-8,10,13-14,21-22H,3-5,9H2,1-2H3,(H,18,20). The van der Waals surface area contributed by atoms with Crippen molar-refractivity contribution in [1.82, 2.24) is 5.32 Å². The highest BCUT2D eigenvalue weighted by Gasteiger charge is 2.31. The topological polar surface area (TPSA) is 104 Å². The quantitative estimate of drug-likeness (QED) is 0.414. The van der Waals surface area contributed by atoms with Gasteiger partial charge in [-0.2, -0.15) is 0 Å². The van der Waals surface area contributed by atoms with E-state index in [0.717, 1.165) is 19.3 Å². The summed E-state index contributed by atoms with van der Waals surface area (Å²) in [6.45, 7) is 3.58. The highest BCUT2D eigenvalue weighted by molar-refractivity contribution is 7.63. The third-order valence-electron chi connectivity index (χ3n) is 4.62. The minimum atomic E-state index is -2.18. The van der Waals surface area contributed by atoms with E-state index in [-0.39, 0.29) is 28.6 Å². The second-order valence-corrected chi connectivity index (χ2v) is 10.4. The van der Waals surface area contributed by atoms with E-state index in [1.807, 2.05) is 0 Å². The lowest BCUT2D eigenvalue weighted by Crippen LogP contribution is -2.40. The molecule has 0 spiro atoms. The Morgan fingerprint density at radius 3 is 2.62 bits per heavy atom. The van der Waals surface area contributed by atoms with Gasteiger partial charge in [-0.05, 0) is 50.2 Å². The lowest BCUT2D eigenvalue weighted by Gasteiger charge is -2.32. The largest absolute Gasteiger partial charge is 0.489 e. The predicted molar refractivity (Wildman–Crippen MR) is 94.6 cm³/mol. The number of rotatable bonds is 5. The average molecular weight is 351 g/mol. The van der Waals surface area contributed by atoms with Crippen molar-refractivity contribution in [1.29, 1.82) is 0 Å². The zero-order valence-electron chi connectivity index (χ0n) is 13.9. The maximum atomic E-state index is 12.4. The normalized spacial score (nSPS) is 21.2. The highest BCUT2D eigenvalue weighted by atomic mass is 31.2. The molecule has 24 heavy (non-hydrogen) atoms. The minimum absolute atomic E-state index is 0.0349. The second-order valence-electron chi connectivity index (χ2n) is 6.76. The molecule has 1 aromatic rings. The first-order valence-corrected chi connectivity index (χ1v) is 10.7. The summed E-state index contributed by atoms with van der Waals surface area (Å²) >= 11 is 0. The van der Waals surface area contributed by atoms with Crippen molar-refractivity contribution in [2.24, 2.45) is 0 Å². The first-order valence-electron chi connectivity index (χ1n) is 8.03. The van der Waals surface area contributed by atoms with Crippen molar-refractivity contribution in [2.75, 3.05) is 13.3 Å². The first-order chi connectivity index (χ1) is 11.2. The molecule has 0 aromatic heterocycles. The molecule has 130 valence electrons. The fourth-order valence-corrected chi connectivity index (χ4v) is 4.75. The molecule has 2 atom stereocenters. The van der Waals surface area contributed by atoms with Crippen molar-refractivity contribution >= 4 is 31.9 Å². The van der Waals surface area contributed by atoms with Crippen molar-refractivity contribution in [2.45, 2.75) is 37.4 Å². The van der Waals surface area contributed by atoms with E-state index < -0.39 is 14.3 Å². The van der Waals surface area contributed by atoms with Crippen molar-refractivity contribution < 1.29 is 24.2 Å². The van der Waals surface area contributed by atoms with Crippen molar-refractivity contribution in [3.05, 3.63) is 29.3 Å². The molecule has 0 saturated heterocycles. The number of carbonyl (C=O) groups excluding carboxylic acids is 2. The van der Waals surface area contributed by atoms with Crippen LogP contribution in [0.15, 0.2) is 18.2 Å². The van der Waals surface area contributed by atoms with Crippen LogP contribution in [0.2, 0.25) is 0 Å². The van der Waals surface area contributed by atoms with Crippen LogP contribution in [0.25, 0.3) is 0 Å². The number of aldehydes is 1. The second kappa shape index (κ2) is 7.64. The van der Waals surface area contributed by atoms with Gasteiger partial charge in [0, 0.05) is 22.8 Å². The van der Waals surface area contributed by atoms with Crippen LogP contribution in [0.5, 0.6) is 0 Å². The SMILES string of the molecule is CP(C)(=O)C1CCCC(NC(=O)c2ccc(B(O)O)c(C=O)c2)C1. The Morgan fingerprint density at radius 1 is 1.33 bits per heavy atom. The summed E-state index contributed by atoms with van der Waals surface area (Å²) in [6.07, 6.45) is 3.89. The van der Waals surface area contributed by atoms with Crippen LogP contribution in [0.4, 0.5) is 0 Å². The molecule has 1 amide bonds. The molecule has 0 heterocycles. The summed E-state index contributed by atoms with van der Waals surface area (Å²) in [4.78, 5) is 23.5. The summed E-state index contributed by atoms with van der Waals surface area (Å²) in [7, 11) is -3.94. The maximum Gasteiger partial charge on any atom is 0.489 e. The molecule has 6 nitrogen and oxygen atoms in total. The molecule has 2 unspecified atom stereocenters. The molecule has 1 aliphatic rings. The van der Waals surface area contributed by atoms with E-state index in [2.05, 4.69) is 5.32 Å². The van der Waals surface area contributed by atoms with Crippen molar-refractivity contribution in [3.8, 4) is 0 Å². The minimum Gasteiger partial charge on any atom is -0.423 e. The Bertz CT molecular complexity index is 672. The third kappa shape index (κ3) is 4.56. The fraction of sp³-hybridized carbons (Fsp3) is 0.500. The van der Waals surface area contributed by atoms with Gasteiger partial charge in [0.2, 0.25) is 0 Å². The van der Waals surface area contributed by atoms with E-state index in [1.165, 1.54) is 18.2 Å². The van der Waals surface area contributed by atoms with Gasteiger partial charge in [0.15, 0.2) is 0 Å². The van der Waals surface area contributed by atoms with Gasteiger partial charge in [0.25, 0.3) is 5.91 Å². The van der Waals surface area contributed by atoms with Gasteiger partial charge in [0.1, 0.15) is 6.29 Å². The summed E-state index contributed by atoms with van der Waals surface area (Å²) in [5.74, 6) is -0.315. The van der Waals surface area contributed by atoms with Gasteiger partial charge in [-0.15, -0.1) is 0 Å². The Morgan fingerprint density at radius 2 is 2.04 bits per heavy atom. The van der Waals surface area contributed by atoms with Gasteiger partial charge in [0.05, 0.1) is 7.14 Å². The smallest absolute Gasteiger partial charge is 0.423 e. The number of carbonyl (C=O) groups is 2. The van der Waals surface area contributed by atoms with E-state index in [0.29, 0.717) is 18.3 Å². The van der Waals surface area contributed by atoms with E-state index in [1.54, 1.807) is 13.3 Å². The van der Waals surface area contributed by atoms with E-state index in [9.17, 15) is 24.2 Å². The summed E-state index contributed by atoms with van der Waals surface area (Å²) in [6, 6.07) is 4.13. The number of amides is 1. The molecule has 0 bridgehead atoms. The number of hydrogen-bond acceptors (Lipinski definition) is 5. The molecule has 3 N–H and O–H groups in total. The van der Waals surface area contributed by atoms with Gasteiger partial charge in [-0.1, -0.05) is 12.5 Å². The Labute approximate surface area is 142 Å². The van der Waals surface area contributed by atoms with Crippen LogP contribution in [0.1, 0.15) is 46.4 Å². The number of hydrogen-bond donors (Lipinski definition) is 3. The third-order valence-corrected chi connectivity index (χ3v) is 6.84. The molecular weight excluding hydrogens is 328 g/mol. The zero-order valence-corrected chi connectivity index (χ0v) is 14.8. The van der Waals surface area contributed by atoms with Gasteiger partial charge in [-0.25, -0.2) is 0 Å². The van der Waals surface area contributed by atoms with Gasteiger partial charge >= 0.3 is 7.12 Å². The lowest BCUT2D eigenvalue weighted by atomic mass is 9.77. The van der Waals surface area contributed by atoms with Crippen LogP contribution in [0, 0.1) is 0 Å². The summed E-state index contributed by atoms with van der Waals surface area (Å²) < 4.78 is 12.3. The molecule has 1 fully saturated rings. The summed E-state index contributed by atoms with van der Waals surface area (Å²) in [5.41, 5.74) is 0.566. The van der Waals surface area contributed by atoms with Crippen LogP contribution >= 0.6 is 7.14 Å². The fourth-order valence-electron chi connectivity index (χ4n) is 3.18. The molecule has 1 aliphatic carbocycles. The highest BCUT2D eigenvalue weighted by Crippen LogP contribution is 2.48. The molecule has 0 aliphatic heterocycles. The monoisotopic (exact) mass is 351 g/mol. The molecule has 8 heteroatoms. The molecule has 1 aromatic carbocycles. The Kier molecular flexibility index (Phi) is 6.02. The zero-order chi connectivity index (χ0) is 17.9. The Hall–Kier alpha value is -1.43. The predicted octanol–water partition coefficient (Wildman–Crippen LogP) is 0.843. The average Bonchev–Trinajstić information content (AvgIpc) is 2.53. The molecule has 0 radical (unpaired) electrons. The molecular formula is C16H23BNO5P. The van der Waals surface area contributed by atoms with Crippen LogP contribution < -0.4 is 10.8 Å². The lowest BCUT2D eigenvalue weighted by molar-refractivity contribution is 0.0928. The van der Waals surface area contributed by atoms with Crippen molar-refractivity contribution in [3.63, 3.8) is 0 Å². The van der Waals surface area contributed by atoms with Gasteiger partial charge in [-0.3, -0.25) is 9.59 Å². The molecule has 1 saturated carbocycles. The van der Waals surface area contributed by atoms with E-state index in [4.69, 9.17) is 0 Å². The number of benzene rings is 1. The van der Waals surface area contributed by atoms with Gasteiger partial charge < -0.3 is 19.9 Å². The molecule has 2 rings (SSSR count). The van der Waals surface area contributed by atoms with Crippen LogP contribution in [0.3, 0.4) is 0 Å².